The molecular formula is C30H26Cl2N2O4. The number of nitrogens with zero attached hydrogens (tertiary/aromatic N) is 1. The van der Waals surface area contributed by atoms with Gasteiger partial charge in [-0.1, -0.05) is 47.5 Å². The summed E-state index contributed by atoms with van der Waals surface area (Å²) in [6, 6.07) is 27.2. The summed E-state index contributed by atoms with van der Waals surface area (Å²) in [5, 5.41) is 5.44. The van der Waals surface area contributed by atoms with Crippen molar-refractivity contribution >= 4 is 35.3 Å². The van der Waals surface area contributed by atoms with Crippen LogP contribution in [0, 0.1) is 0 Å². The molecule has 0 saturated heterocycles. The van der Waals surface area contributed by atoms with Gasteiger partial charge in [0.2, 0.25) is 0 Å². The van der Waals surface area contributed by atoms with E-state index in [9.17, 15) is 4.79 Å². The van der Waals surface area contributed by atoms with Gasteiger partial charge in [-0.05, 0) is 90.3 Å². The summed E-state index contributed by atoms with van der Waals surface area (Å²) in [6.07, 6.45) is 1.55. The summed E-state index contributed by atoms with van der Waals surface area (Å²) in [6.45, 7) is 3.17. The first-order valence-corrected chi connectivity index (χ1v) is 12.7. The Morgan fingerprint density at radius 1 is 0.763 bits per heavy atom. The van der Waals surface area contributed by atoms with Crippen molar-refractivity contribution in [2.45, 2.75) is 20.1 Å². The zero-order chi connectivity index (χ0) is 26.7. The van der Waals surface area contributed by atoms with Crippen LogP contribution in [0.1, 0.15) is 34.0 Å². The van der Waals surface area contributed by atoms with E-state index in [1.54, 1.807) is 30.5 Å². The number of carbonyl (C=O) groups is 1. The third-order valence-corrected chi connectivity index (χ3v) is 5.89. The van der Waals surface area contributed by atoms with Crippen molar-refractivity contribution in [1.82, 2.24) is 5.43 Å². The van der Waals surface area contributed by atoms with Gasteiger partial charge >= 0.3 is 0 Å². The number of hydrogen-bond acceptors (Lipinski definition) is 5. The quantitative estimate of drug-likeness (QED) is 0.157. The topological polar surface area (TPSA) is 69.2 Å². The van der Waals surface area contributed by atoms with Crippen LogP contribution in [0.5, 0.6) is 17.2 Å². The Morgan fingerprint density at radius 2 is 1.37 bits per heavy atom. The average molecular weight is 549 g/mol. The molecule has 6 nitrogen and oxygen atoms in total. The van der Waals surface area contributed by atoms with Gasteiger partial charge in [0.05, 0.1) is 12.8 Å². The van der Waals surface area contributed by atoms with Gasteiger partial charge in [0.25, 0.3) is 5.91 Å². The number of nitrogens with one attached hydrogen (secondary N) is 1. The second-order valence-electron chi connectivity index (χ2n) is 8.19. The molecule has 4 aromatic rings. The maximum atomic E-state index is 12.5. The molecule has 0 saturated carbocycles. The Labute approximate surface area is 231 Å². The summed E-state index contributed by atoms with van der Waals surface area (Å²) in [7, 11) is 0. The number of amides is 1. The number of hydrogen-bond donors (Lipinski definition) is 1. The van der Waals surface area contributed by atoms with Crippen molar-refractivity contribution in [3.63, 3.8) is 0 Å². The van der Waals surface area contributed by atoms with Crippen LogP contribution in [0.25, 0.3) is 0 Å². The summed E-state index contributed by atoms with van der Waals surface area (Å²) in [4.78, 5) is 12.5. The van der Waals surface area contributed by atoms with Gasteiger partial charge in [0.15, 0.2) is 11.5 Å². The smallest absolute Gasteiger partial charge is 0.271 e. The Balaban J connectivity index is 1.31. The molecule has 0 heterocycles. The van der Waals surface area contributed by atoms with Gasteiger partial charge in [-0.25, -0.2) is 5.43 Å². The fraction of sp³-hybridized carbons (Fsp3) is 0.133. The summed E-state index contributed by atoms with van der Waals surface area (Å²) in [5.74, 6) is 1.52. The zero-order valence-electron chi connectivity index (χ0n) is 20.7. The van der Waals surface area contributed by atoms with E-state index in [-0.39, 0.29) is 5.91 Å². The molecule has 8 heteroatoms. The monoisotopic (exact) mass is 548 g/mol. The Bertz CT molecular complexity index is 1370. The van der Waals surface area contributed by atoms with Gasteiger partial charge in [0, 0.05) is 15.6 Å². The Morgan fingerprint density at radius 3 is 1.97 bits per heavy atom. The Kier molecular flexibility index (Phi) is 9.62. The van der Waals surface area contributed by atoms with E-state index in [2.05, 4.69) is 10.5 Å². The lowest BCUT2D eigenvalue weighted by atomic mass is 10.2. The molecule has 1 amide bonds. The average Bonchev–Trinajstić information content (AvgIpc) is 2.93. The standard InChI is InChI=1S/C30H26Cl2N2O4/c1-2-36-29-17-23(7-16-28(29)38-20-22-5-12-26(32)13-6-22)18-33-34-30(35)24-8-14-27(15-9-24)37-19-21-3-10-25(31)11-4-21/h3-18H,2,19-20H2,1H3,(H,34,35). The largest absolute Gasteiger partial charge is 0.490 e. The molecule has 0 aliphatic carbocycles. The summed E-state index contributed by atoms with van der Waals surface area (Å²) in [5.41, 5.74) is 5.74. The van der Waals surface area contributed by atoms with Crippen LogP contribution in [0.4, 0.5) is 0 Å². The number of hydrazone groups is 1. The zero-order valence-corrected chi connectivity index (χ0v) is 22.2. The molecule has 38 heavy (non-hydrogen) atoms. The van der Waals surface area contributed by atoms with E-state index in [4.69, 9.17) is 37.4 Å². The van der Waals surface area contributed by atoms with Crippen LogP contribution in [0.3, 0.4) is 0 Å². The predicted molar refractivity (Wildman–Crippen MR) is 151 cm³/mol. The number of rotatable bonds is 11. The highest BCUT2D eigenvalue weighted by atomic mass is 35.5. The first-order valence-electron chi connectivity index (χ1n) is 11.9. The molecular weight excluding hydrogens is 523 g/mol. The van der Waals surface area contributed by atoms with Crippen LogP contribution < -0.4 is 19.6 Å². The fourth-order valence-electron chi connectivity index (χ4n) is 3.41. The molecule has 194 valence electrons. The van der Waals surface area contributed by atoms with Crippen molar-refractivity contribution < 1.29 is 19.0 Å². The van der Waals surface area contributed by atoms with Gasteiger partial charge in [-0.15, -0.1) is 0 Å². The van der Waals surface area contributed by atoms with E-state index < -0.39 is 0 Å². The highest BCUT2D eigenvalue weighted by molar-refractivity contribution is 6.30. The minimum absolute atomic E-state index is 0.335. The molecule has 0 unspecified atom stereocenters. The first kappa shape index (κ1) is 27.0. The molecule has 0 aromatic heterocycles. The molecule has 1 N–H and O–H groups in total. The van der Waals surface area contributed by atoms with E-state index in [1.165, 1.54) is 0 Å². The van der Waals surface area contributed by atoms with Crippen LogP contribution in [0.2, 0.25) is 10.0 Å². The lowest BCUT2D eigenvalue weighted by Crippen LogP contribution is -2.17. The molecule has 0 fully saturated rings. The number of benzene rings is 4. The SMILES string of the molecule is CCOc1cc(C=NNC(=O)c2ccc(OCc3ccc(Cl)cc3)cc2)ccc1OCc1ccc(Cl)cc1. The van der Waals surface area contributed by atoms with Crippen molar-refractivity contribution in [2.24, 2.45) is 5.10 Å². The third-order valence-electron chi connectivity index (χ3n) is 5.39. The lowest BCUT2D eigenvalue weighted by Gasteiger charge is -2.12. The van der Waals surface area contributed by atoms with Crippen LogP contribution in [-0.2, 0) is 13.2 Å². The van der Waals surface area contributed by atoms with Gasteiger partial charge < -0.3 is 14.2 Å². The van der Waals surface area contributed by atoms with Crippen molar-refractivity contribution in [1.29, 1.82) is 0 Å². The molecule has 0 bridgehead atoms. The van der Waals surface area contributed by atoms with Gasteiger partial charge in [-0.2, -0.15) is 5.10 Å². The summed E-state index contributed by atoms with van der Waals surface area (Å²) < 4.78 is 17.4. The molecule has 0 aliphatic rings. The van der Waals surface area contributed by atoms with Gasteiger partial charge in [0.1, 0.15) is 19.0 Å². The minimum Gasteiger partial charge on any atom is -0.490 e. The van der Waals surface area contributed by atoms with Gasteiger partial charge in [-0.3, -0.25) is 4.79 Å². The second kappa shape index (κ2) is 13.5. The number of ether oxygens (including phenoxy) is 3. The van der Waals surface area contributed by atoms with Crippen molar-refractivity contribution in [2.75, 3.05) is 6.61 Å². The van der Waals surface area contributed by atoms with Crippen molar-refractivity contribution in [3.8, 4) is 17.2 Å². The maximum absolute atomic E-state index is 12.5. The minimum atomic E-state index is -0.335. The Hall–Kier alpha value is -4.00. The van der Waals surface area contributed by atoms with Crippen molar-refractivity contribution in [3.05, 3.63) is 123 Å². The second-order valence-corrected chi connectivity index (χ2v) is 9.07. The third kappa shape index (κ3) is 8.00. The highest BCUT2D eigenvalue weighted by Crippen LogP contribution is 2.29. The van der Waals surface area contributed by atoms with E-state index in [0.29, 0.717) is 52.7 Å². The van der Waals surface area contributed by atoms with E-state index >= 15 is 0 Å². The molecule has 0 atom stereocenters. The number of carbonyl (C=O) groups excluding carboxylic acids is 1. The molecule has 0 spiro atoms. The molecule has 0 radical (unpaired) electrons. The fourth-order valence-corrected chi connectivity index (χ4v) is 3.67. The van der Waals surface area contributed by atoms with Crippen LogP contribution >= 0.6 is 23.2 Å². The molecule has 4 rings (SSSR count). The van der Waals surface area contributed by atoms with E-state index in [1.807, 2.05) is 73.7 Å². The first-order chi connectivity index (χ1) is 18.5. The molecule has 0 aliphatic heterocycles. The predicted octanol–water partition coefficient (Wildman–Crippen LogP) is 7.31. The maximum Gasteiger partial charge on any atom is 0.271 e. The lowest BCUT2D eigenvalue weighted by molar-refractivity contribution is 0.0955. The van der Waals surface area contributed by atoms with E-state index in [0.717, 1.165) is 16.7 Å². The normalized spacial score (nSPS) is 10.8. The summed E-state index contributed by atoms with van der Waals surface area (Å²) >= 11 is 11.8. The number of halogens is 2. The van der Waals surface area contributed by atoms with Crippen LogP contribution in [0.15, 0.2) is 96.1 Å². The van der Waals surface area contributed by atoms with Crippen LogP contribution in [-0.4, -0.2) is 18.7 Å². The highest BCUT2D eigenvalue weighted by Gasteiger charge is 2.08. The molecule has 4 aromatic carbocycles.